The zero-order valence-corrected chi connectivity index (χ0v) is 27.6. The number of hydrogen-bond acceptors (Lipinski definition) is 7. The standard InChI is InChI=1S/C44H29N7/c1-28-26-30(22-23-31(28)35-27-29-12-2-3-13-32(29)33-14-4-5-15-34(33)35)42-49-43(40-20-10-18-38(47-40)36-16-6-8-24-45-36)51-44(50-42)41-21-11-19-39(48-41)37-17-7-9-25-46-37/h2-27H,1H3. The smallest absolute Gasteiger partial charge is 0.182 e. The summed E-state index contributed by atoms with van der Waals surface area (Å²) in [7, 11) is 0. The van der Waals surface area contributed by atoms with E-state index in [9.17, 15) is 0 Å². The number of hydrogen-bond donors (Lipinski definition) is 0. The summed E-state index contributed by atoms with van der Waals surface area (Å²) in [6.07, 6.45) is 3.52. The fourth-order valence-corrected chi connectivity index (χ4v) is 6.55. The summed E-state index contributed by atoms with van der Waals surface area (Å²) in [5.41, 5.74) is 8.55. The maximum atomic E-state index is 5.00. The topological polar surface area (TPSA) is 90.2 Å². The van der Waals surface area contributed by atoms with Crippen molar-refractivity contribution in [3.05, 3.63) is 164 Å². The molecule has 0 aliphatic carbocycles. The van der Waals surface area contributed by atoms with Crippen molar-refractivity contribution in [2.24, 2.45) is 0 Å². The summed E-state index contributed by atoms with van der Waals surface area (Å²) in [5, 5.41) is 4.91. The SMILES string of the molecule is Cc1cc(-c2nc(-c3cccc(-c4ccccn4)n3)nc(-c3cccc(-c4ccccn4)n3)n2)ccc1-c1cc2ccccc2c2ccccc12. The summed E-state index contributed by atoms with van der Waals surface area (Å²) in [6, 6.07) is 49.0. The lowest BCUT2D eigenvalue weighted by Crippen LogP contribution is -2.03. The van der Waals surface area contributed by atoms with E-state index in [2.05, 4.69) is 89.7 Å². The van der Waals surface area contributed by atoms with Crippen molar-refractivity contribution in [3.63, 3.8) is 0 Å². The first-order valence-electron chi connectivity index (χ1n) is 16.7. The van der Waals surface area contributed by atoms with Gasteiger partial charge in [0.1, 0.15) is 11.4 Å². The van der Waals surface area contributed by atoms with Gasteiger partial charge in [-0.05, 0) is 106 Å². The van der Waals surface area contributed by atoms with Crippen LogP contribution in [-0.4, -0.2) is 34.9 Å². The third kappa shape index (κ3) is 5.77. The quantitative estimate of drug-likeness (QED) is 0.165. The fraction of sp³-hybridized carbons (Fsp3) is 0.0227. The number of nitrogens with zero attached hydrogens (tertiary/aromatic N) is 7. The molecule has 0 saturated carbocycles. The number of rotatable bonds is 6. The van der Waals surface area contributed by atoms with Gasteiger partial charge in [0.25, 0.3) is 0 Å². The number of pyridine rings is 4. The second-order valence-electron chi connectivity index (χ2n) is 12.3. The molecule has 0 spiro atoms. The zero-order chi connectivity index (χ0) is 34.1. The van der Waals surface area contributed by atoms with Gasteiger partial charge < -0.3 is 0 Å². The molecular weight excluding hydrogens is 627 g/mol. The van der Waals surface area contributed by atoms with Gasteiger partial charge in [0, 0.05) is 18.0 Å². The van der Waals surface area contributed by atoms with Crippen LogP contribution in [0.1, 0.15) is 5.56 Å². The van der Waals surface area contributed by atoms with Crippen LogP contribution in [0.25, 0.3) is 89.9 Å². The molecule has 0 saturated heterocycles. The van der Waals surface area contributed by atoms with E-state index in [1.54, 1.807) is 12.4 Å². The van der Waals surface area contributed by atoms with E-state index in [1.807, 2.05) is 72.8 Å². The summed E-state index contributed by atoms with van der Waals surface area (Å²) >= 11 is 0. The largest absolute Gasteiger partial charge is 0.255 e. The minimum Gasteiger partial charge on any atom is -0.255 e. The lowest BCUT2D eigenvalue weighted by atomic mass is 9.90. The monoisotopic (exact) mass is 655 g/mol. The Kier molecular flexibility index (Phi) is 7.55. The lowest BCUT2D eigenvalue weighted by molar-refractivity contribution is 1.04. The second-order valence-corrected chi connectivity index (χ2v) is 12.3. The summed E-state index contributed by atoms with van der Waals surface area (Å²) < 4.78 is 0. The van der Waals surface area contributed by atoms with Crippen molar-refractivity contribution in [2.75, 3.05) is 0 Å². The number of aromatic nitrogens is 7. The highest BCUT2D eigenvalue weighted by atomic mass is 15.1. The van der Waals surface area contributed by atoms with E-state index in [0.717, 1.165) is 39.5 Å². The van der Waals surface area contributed by atoms with Gasteiger partial charge in [0.05, 0.1) is 22.8 Å². The number of benzene rings is 4. The van der Waals surface area contributed by atoms with Crippen molar-refractivity contribution in [1.82, 2.24) is 34.9 Å². The van der Waals surface area contributed by atoms with Crippen LogP contribution in [0, 0.1) is 6.92 Å². The second kappa shape index (κ2) is 12.8. The van der Waals surface area contributed by atoms with Crippen LogP contribution in [0.5, 0.6) is 0 Å². The maximum absolute atomic E-state index is 5.00. The van der Waals surface area contributed by atoms with E-state index >= 15 is 0 Å². The first-order valence-corrected chi connectivity index (χ1v) is 16.7. The molecule has 0 radical (unpaired) electrons. The predicted octanol–water partition coefficient (Wildman–Crippen LogP) is 10.1. The first-order chi connectivity index (χ1) is 25.2. The average molecular weight is 656 g/mol. The Morgan fingerprint density at radius 1 is 0.353 bits per heavy atom. The van der Waals surface area contributed by atoms with Crippen molar-refractivity contribution in [3.8, 4) is 68.3 Å². The van der Waals surface area contributed by atoms with Crippen molar-refractivity contribution < 1.29 is 0 Å². The number of aryl methyl sites for hydroxylation is 1. The molecule has 5 aromatic heterocycles. The molecule has 0 atom stereocenters. The van der Waals surface area contributed by atoms with E-state index in [0.29, 0.717) is 28.9 Å². The molecule has 240 valence electrons. The molecule has 4 aromatic carbocycles. The lowest BCUT2D eigenvalue weighted by Gasteiger charge is -2.14. The van der Waals surface area contributed by atoms with Gasteiger partial charge in [-0.3, -0.25) is 9.97 Å². The molecule has 7 heteroatoms. The Morgan fingerprint density at radius 2 is 0.882 bits per heavy atom. The average Bonchev–Trinajstić information content (AvgIpc) is 3.21. The fourth-order valence-electron chi connectivity index (χ4n) is 6.55. The third-order valence-electron chi connectivity index (χ3n) is 8.99. The van der Waals surface area contributed by atoms with Gasteiger partial charge in [-0.15, -0.1) is 0 Å². The van der Waals surface area contributed by atoms with E-state index in [4.69, 9.17) is 24.9 Å². The minimum atomic E-state index is 0.445. The van der Waals surface area contributed by atoms with Crippen LogP contribution in [-0.2, 0) is 0 Å². The molecule has 0 aliphatic rings. The van der Waals surface area contributed by atoms with Crippen LogP contribution >= 0.6 is 0 Å². The van der Waals surface area contributed by atoms with Crippen molar-refractivity contribution in [2.45, 2.75) is 6.92 Å². The van der Waals surface area contributed by atoms with Crippen LogP contribution in [0.15, 0.2) is 158 Å². The predicted molar refractivity (Wildman–Crippen MR) is 203 cm³/mol. The molecule has 9 aromatic rings. The van der Waals surface area contributed by atoms with Gasteiger partial charge in [-0.1, -0.05) is 84.9 Å². The van der Waals surface area contributed by atoms with E-state index < -0.39 is 0 Å². The van der Waals surface area contributed by atoms with Crippen molar-refractivity contribution in [1.29, 1.82) is 0 Å². The van der Waals surface area contributed by atoms with Crippen LogP contribution in [0.4, 0.5) is 0 Å². The highest BCUT2D eigenvalue weighted by Gasteiger charge is 2.17. The molecule has 5 heterocycles. The molecule has 7 nitrogen and oxygen atoms in total. The normalized spacial score (nSPS) is 11.2. The first kappa shape index (κ1) is 30.1. The van der Waals surface area contributed by atoms with E-state index in [-0.39, 0.29) is 0 Å². The molecule has 0 amide bonds. The molecule has 0 aliphatic heterocycles. The van der Waals surface area contributed by atoms with Gasteiger partial charge in [-0.2, -0.15) is 0 Å². The Labute approximate surface area is 294 Å². The molecule has 0 N–H and O–H groups in total. The molecule has 9 rings (SSSR count). The van der Waals surface area contributed by atoms with Crippen LogP contribution in [0.2, 0.25) is 0 Å². The van der Waals surface area contributed by atoms with Gasteiger partial charge in [0.15, 0.2) is 17.5 Å². The molecule has 0 fully saturated rings. The van der Waals surface area contributed by atoms with Crippen LogP contribution < -0.4 is 0 Å². The third-order valence-corrected chi connectivity index (χ3v) is 8.99. The van der Waals surface area contributed by atoms with E-state index in [1.165, 1.54) is 27.1 Å². The number of fused-ring (bicyclic) bond motifs is 3. The van der Waals surface area contributed by atoms with Crippen LogP contribution in [0.3, 0.4) is 0 Å². The highest BCUT2D eigenvalue weighted by molar-refractivity contribution is 6.14. The Balaban J connectivity index is 1.19. The van der Waals surface area contributed by atoms with Gasteiger partial charge in [-0.25, -0.2) is 24.9 Å². The maximum Gasteiger partial charge on any atom is 0.182 e. The summed E-state index contributed by atoms with van der Waals surface area (Å²) in [5.74, 6) is 1.42. The zero-order valence-electron chi connectivity index (χ0n) is 27.6. The summed E-state index contributed by atoms with van der Waals surface area (Å²) in [6.45, 7) is 2.14. The molecule has 0 bridgehead atoms. The minimum absolute atomic E-state index is 0.445. The Bertz CT molecular complexity index is 2610. The molecule has 0 unspecified atom stereocenters. The van der Waals surface area contributed by atoms with Crippen molar-refractivity contribution >= 4 is 21.5 Å². The Morgan fingerprint density at radius 3 is 1.49 bits per heavy atom. The molecular formula is C44H29N7. The molecule has 51 heavy (non-hydrogen) atoms. The summed E-state index contributed by atoms with van der Waals surface area (Å²) in [4.78, 5) is 33.8. The Hall–Kier alpha value is -6.99. The highest BCUT2D eigenvalue weighted by Crippen LogP contribution is 2.37. The van der Waals surface area contributed by atoms with Gasteiger partial charge >= 0.3 is 0 Å². The van der Waals surface area contributed by atoms with Gasteiger partial charge in [0.2, 0.25) is 0 Å².